The Kier molecular flexibility index (Phi) is 6.40. The van der Waals surface area contributed by atoms with Crippen LogP contribution in [-0.2, 0) is 0 Å². The summed E-state index contributed by atoms with van der Waals surface area (Å²) in [5, 5.41) is 18.3. The third-order valence-electron chi connectivity index (χ3n) is 11.9. The van der Waals surface area contributed by atoms with Crippen LogP contribution in [0.5, 0.6) is 0 Å². The molecule has 0 aliphatic carbocycles. The minimum Gasteiger partial charge on any atom is -0.463 e. The van der Waals surface area contributed by atoms with E-state index in [1.165, 1.54) is 97.8 Å². The van der Waals surface area contributed by atoms with Crippen LogP contribution >= 0.6 is 0 Å². The molecule has 0 bridgehead atoms. The van der Waals surface area contributed by atoms with Crippen molar-refractivity contribution in [3.8, 4) is 33.4 Å². The molecule has 12 aromatic rings. The van der Waals surface area contributed by atoms with Crippen molar-refractivity contribution < 1.29 is 4.42 Å². The first-order valence-electron chi connectivity index (χ1n) is 19.0. The fourth-order valence-electron chi connectivity index (χ4n) is 9.28. The molecule has 254 valence electrons. The third kappa shape index (κ3) is 4.54. The molecule has 0 N–H and O–H groups in total. The van der Waals surface area contributed by atoms with E-state index in [2.05, 4.69) is 188 Å². The van der Waals surface area contributed by atoms with Crippen molar-refractivity contribution in [3.63, 3.8) is 0 Å². The third-order valence-corrected chi connectivity index (χ3v) is 11.9. The molecule has 1 heteroatoms. The smallest absolute Gasteiger partial charge is 0.142 e. The average Bonchev–Trinajstić information content (AvgIpc) is 3.68. The van der Waals surface area contributed by atoms with E-state index in [0.29, 0.717) is 0 Å². The quantitative estimate of drug-likeness (QED) is 0.132. The molecule has 0 atom stereocenters. The predicted molar refractivity (Wildman–Crippen MR) is 235 cm³/mol. The van der Waals surface area contributed by atoms with Crippen LogP contribution in [0, 0.1) is 0 Å². The van der Waals surface area contributed by atoms with Gasteiger partial charge in [0.2, 0.25) is 0 Å². The predicted octanol–water partition coefficient (Wildman–Crippen LogP) is 15.5. The summed E-state index contributed by atoms with van der Waals surface area (Å²) in [4.78, 5) is 0. The van der Waals surface area contributed by atoms with Crippen molar-refractivity contribution >= 4 is 86.4 Å². The monoisotopic (exact) mass is 696 g/mol. The summed E-state index contributed by atoms with van der Waals surface area (Å²) in [6, 6.07) is 69.2. The summed E-state index contributed by atoms with van der Waals surface area (Å²) in [7, 11) is 0. The zero-order valence-electron chi connectivity index (χ0n) is 29.9. The lowest BCUT2D eigenvalue weighted by atomic mass is 9.84. The number of furan rings is 1. The van der Waals surface area contributed by atoms with Crippen LogP contribution in [0.2, 0.25) is 0 Å². The van der Waals surface area contributed by atoms with E-state index in [-0.39, 0.29) is 0 Å². The number of fused-ring (bicyclic) bond motifs is 11. The van der Waals surface area contributed by atoms with Crippen molar-refractivity contribution in [1.82, 2.24) is 0 Å². The molecule has 0 fully saturated rings. The molecule has 0 aliphatic rings. The number of rotatable bonds is 3. The molecule has 0 radical (unpaired) electrons. The van der Waals surface area contributed by atoms with Crippen LogP contribution in [0.15, 0.2) is 199 Å². The molecule has 12 rings (SSSR count). The van der Waals surface area contributed by atoms with E-state index in [4.69, 9.17) is 4.42 Å². The fraction of sp³-hybridized carbons (Fsp3) is 0. The van der Waals surface area contributed by atoms with Gasteiger partial charge < -0.3 is 4.42 Å². The van der Waals surface area contributed by atoms with Gasteiger partial charge in [0.05, 0.1) is 6.26 Å². The van der Waals surface area contributed by atoms with Gasteiger partial charge in [-0.1, -0.05) is 152 Å². The van der Waals surface area contributed by atoms with Gasteiger partial charge in [-0.15, -0.1) is 0 Å². The maximum absolute atomic E-state index is 6.65. The summed E-state index contributed by atoms with van der Waals surface area (Å²) in [5.41, 5.74) is 8.02. The zero-order valence-corrected chi connectivity index (χ0v) is 29.9. The Morgan fingerprint density at radius 2 is 0.782 bits per heavy atom. The molecule has 11 aromatic carbocycles. The zero-order chi connectivity index (χ0) is 36.0. The highest BCUT2D eigenvalue weighted by molar-refractivity contribution is 6.22. The summed E-state index contributed by atoms with van der Waals surface area (Å²) >= 11 is 0. The SMILES string of the molecule is c1ccc(-c2cccc3ccc4cc5ccccc5cc4c23)c(-c2ccc3cc4ccccc4cc3c2-c2coc3c2ccc2c4ccccc4ccc23)c1. The minimum absolute atomic E-state index is 0.919. The van der Waals surface area contributed by atoms with Crippen molar-refractivity contribution in [3.05, 3.63) is 194 Å². The van der Waals surface area contributed by atoms with Gasteiger partial charge in [-0.3, -0.25) is 0 Å². The highest BCUT2D eigenvalue weighted by Gasteiger charge is 2.21. The maximum Gasteiger partial charge on any atom is 0.142 e. The second-order valence-corrected chi connectivity index (χ2v) is 14.8. The van der Waals surface area contributed by atoms with E-state index in [0.717, 1.165) is 21.9 Å². The lowest BCUT2D eigenvalue weighted by molar-refractivity contribution is 0.620. The van der Waals surface area contributed by atoms with Gasteiger partial charge in [-0.05, 0) is 129 Å². The number of hydrogen-bond donors (Lipinski definition) is 0. The minimum atomic E-state index is 0.919. The van der Waals surface area contributed by atoms with Crippen LogP contribution < -0.4 is 0 Å². The largest absolute Gasteiger partial charge is 0.463 e. The molecular weight excluding hydrogens is 665 g/mol. The molecule has 1 nitrogen and oxygen atoms in total. The van der Waals surface area contributed by atoms with Gasteiger partial charge in [-0.2, -0.15) is 0 Å². The van der Waals surface area contributed by atoms with Crippen LogP contribution in [0.3, 0.4) is 0 Å². The van der Waals surface area contributed by atoms with Crippen molar-refractivity contribution in [1.29, 1.82) is 0 Å². The molecule has 1 heterocycles. The number of hydrogen-bond acceptors (Lipinski definition) is 1. The van der Waals surface area contributed by atoms with E-state index in [1.807, 2.05) is 6.26 Å². The van der Waals surface area contributed by atoms with Gasteiger partial charge in [0, 0.05) is 21.9 Å². The fourth-order valence-corrected chi connectivity index (χ4v) is 9.28. The first kappa shape index (κ1) is 30.3. The van der Waals surface area contributed by atoms with Crippen molar-refractivity contribution in [2.75, 3.05) is 0 Å². The van der Waals surface area contributed by atoms with Crippen LogP contribution in [0.1, 0.15) is 0 Å². The molecule has 0 amide bonds. The second-order valence-electron chi connectivity index (χ2n) is 14.8. The summed E-state index contributed by atoms with van der Waals surface area (Å²) in [6.45, 7) is 0. The molecule has 0 aliphatic heterocycles. The van der Waals surface area contributed by atoms with E-state index in [9.17, 15) is 0 Å². The first-order chi connectivity index (χ1) is 27.3. The Balaban J connectivity index is 1.17. The Labute approximate surface area is 317 Å². The standard InChI is InChI=1S/C54H32O/c1-3-13-37-30-49-39(28-35(37)11-1)21-20-34-15-9-19-45(52(34)49)42-17-7-8-18-43(42)46-24-23-40-29-36-12-2-4-14-38(36)31-50(40)53(46)51-32-55-54-47-25-22-33-10-5-6-16-41(33)44(47)26-27-48(51)54/h1-32H. The van der Waals surface area contributed by atoms with Gasteiger partial charge in [-0.25, -0.2) is 0 Å². The normalized spacial score (nSPS) is 12.0. The van der Waals surface area contributed by atoms with Crippen molar-refractivity contribution in [2.45, 2.75) is 0 Å². The molecule has 55 heavy (non-hydrogen) atoms. The molecule has 0 saturated carbocycles. The summed E-state index contributed by atoms with van der Waals surface area (Å²) in [6.07, 6.45) is 1.99. The van der Waals surface area contributed by atoms with Crippen LogP contribution in [0.25, 0.3) is 120 Å². The van der Waals surface area contributed by atoms with Gasteiger partial charge in [0.1, 0.15) is 5.58 Å². The van der Waals surface area contributed by atoms with Gasteiger partial charge in [0.25, 0.3) is 0 Å². The molecular formula is C54H32O. The van der Waals surface area contributed by atoms with E-state index >= 15 is 0 Å². The topological polar surface area (TPSA) is 13.1 Å². The molecule has 1 aromatic heterocycles. The molecule has 0 spiro atoms. The average molecular weight is 697 g/mol. The van der Waals surface area contributed by atoms with Gasteiger partial charge >= 0.3 is 0 Å². The van der Waals surface area contributed by atoms with Crippen molar-refractivity contribution in [2.24, 2.45) is 0 Å². The Morgan fingerprint density at radius 3 is 1.56 bits per heavy atom. The van der Waals surface area contributed by atoms with Crippen LogP contribution in [-0.4, -0.2) is 0 Å². The van der Waals surface area contributed by atoms with Crippen LogP contribution in [0.4, 0.5) is 0 Å². The summed E-state index contributed by atoms with van der Waals surface area (Å²) < 4.78 is 6.65. The lowest BCUT2D eigenvalue weighted by Crippen LogP contribution is -1.92. The highest BCUT2D eigenvalue weighted by atomic mass is 16.3. The second kappa shape index (κ2) is 11.6. The molecule has 0 unspecified atom stereocenters. The van der Waals surface area contributed by atoms with Gasteiger partial charge in [0.15, 0.2) is 0 Å². The Morgan fingerprint density at radius 1 is 0.255 bits per heavy atom. The molecule has 0 saturated heterocycles. The summed E-state index contributed by atoms with van der Waals surface area (Å²) in [5.74, 6) is 0. The lowest BCUT2D eigenvalue weighted by Gasteiger charge is -2.19. The first-order valence-corrected chi connectivity index (χ1v) is 19.0. The van der Waals surface area contributed by atoms with E-state index < -0.39 is 0 Å². The number of benzene rings is 11. The van der Waals surface area contributed by atoms with E-state index in [1.54, 1.807) is 0 Å². The highest BCUT2D eigenvalue weighted by Crippen LogP contribution is 2.48. The maximum atomic E-state index is 6.65. The Hall–Kier alpha value is -7.22. The Bertz CT molecular complexity index is 3550.